The van der Waals surface area contributed by atoms with Crippen molar-refractivity contribution in [1.29, 1.82) is 0 Å². The van der Waals surface area contributed by atoms with Crippen molar-refractivity contribution in [2.24, 2.45) is 0 Å². The molecule has 1 fully saturated rings. The van der Waals surface area contributed by atoms with E-state index in [9.17, 15) is 18.4 Å². The van der Waals surface area contributed by atoms with Gasteiger partial charge in [-0.3, -0.25) is 9.59 Å². The van der Waals surface area contributed by atoms with Crippen molar-refractivity contribution in [2.45, 2.75) is 38.8 Å². The van der Waals surface area contributed by atoms with Crippen LogP contribution < -0.4 is 5.32 Å². The maximum absolute atomic E-state index is 13.7. The molecule has 2 aromatic rings. The van der Waals surface area contributed by atoms with E-state index in [1.807, 2.05) is 0 Å². The summed E-state index contributed by atoms with van der Waals surface area (Å²) in [6, 6.07) is 2.89. The average molecular weight is 364 g/mol. The second-order valence-corrected chi connectivity index (χ2v) is 5.93. The molecule has 0 spiro atoms. The molecule has 7 nitrogen and oxygen atoms in total. The van der Waals surface area contributed by atoms with E-state index >= 15 is 0 Å². The molecule has 0 unspecified atom stereocenters. The Morgan fingerprint density at radius 1 is 1.35 bits per heavy atom. The van der Waals surface area contributed by atoms with E-state index in [0.717, 1.165) is 18.6 Å². The van der Waals surface area contributed by atoms with Crippen LogP contribution in [0.15, 0.2) is 22.7 Å². The van der Waals surface area contributed by atoms with Gasteiger partial charge in [-0.15, -0.1) is 0 Å². The van der Waals surface area contributed by atoms with Crippen LogP contribution >= 0.6 is 0 Å². The number of nitrogens with zero attached hydrogens (tertiary/aromatic N) is 3. The first-order valence-corrected chi connectivity index (χ1v) is 8.35. The Morgan fingerprint density at radius 3 is 2.77 bits per heavy atom. The highest BCUT2D eigenvalue weighted by Gasteiger charge is 2.33. The van der Waals surface area contributed by atoms with Crippen LogP contribution in [0.3, 0.4) is 0 Å². The maximum atomic E-state index is 13.7. The number of carbonyl (C=O) groups is 2. The Kier molecular flexibility index (Phi) is 5.24. The van der Waals surface area contributed by atoms with Crippen LogP contribution in [-0.2, 0) is 16.1 Å². The summed E-state index contributed by atoms with van der Waals surface area (Å²) in [5.74, 6) is -2.23. The highest BCUT2D eigenvalue weighted by atomic mass is 19.1. The van der Waals surface area contributed by atoms with Crippen LogP contribution in [0.5, 0.6) is 0 Å². The van der Waals surface area contributed by atoms with Crippen LogP contribution in [0.1, 0.15) is 32.0 Å². The summed E-state index contributed by atoms with van der Waals surface area (Å²) in [5.41, 5.74) is -0.409. The number of carbonyl (C=O) groups excluding carboxylic acids is 2. The molecule has 2 amide bonds. The first kappa shape index (κ1) is 18.0. The van der Waals surface area contributed by atoms with E-state index in [0.29, 0.717) is 19.4 Å². The molecule has 9 heteroatoms. The molecule has 2 heterocycles. The van der Waals surface area contributed by atoms with Gasteiger partial charge in [0.2, 0.25) is 11.8 Å². The fourth-order valence-corrected chi connectivity index (χ4v) is 2.95. The van der Waals surface area contributed by atoms with E-state index in [1.165, 1.54) is 6.07 Å². The van der Waals surface area contributed by atoms with E-state index in [1.54, 1.807) is 11.8 Å². The number of hydrogen-bond donors (Lipinski definition) is 1. The van der Waals surface area contributed by atoms with Gasteiger partial charge in [-0.05, 0) is 25.0 Å². The average Bonchev–Trinajstić information content (AvgIpc) is 3.28. The van der Waals surface area contributed by atoms with Crippen LogP contribution in [-0.4, -0.2) is 39.4 Å². The number of rotatable bonds is 5. The number of nitrogens with one attached hydrogen (secondary N) is 1. The van der Waals surface area contributed by atoms with E-state index in [4.69, 9.17) is 4.52 Å². The first-order chi connectivity index (χ1) is 12.5. The van der Waals surface area contributed by atoms with E-state index in [2.05, 4.69) is 15.5 Å². The van der Waals surface area contributed by atoms with Crippen LogP contribution in [0.4, 0.5) is 8.78 Å². The highest BCUT2D eigenvalue weighted by molar-refractivity contribution is 5.88. The quantitative estimate of drug-likeness (QED) is 0.877. The molecule has 0 bridgehead atoms. The summed E-state index contributed by atoms with van der Waals surface area (Å²) >= 11 is 0. The van der Waals surface area contributed by atoms with Gasteiger partial charge in [0.15, 0.2) is 5.82 Å². The zero-order valence-electron chi connectivity index (χ0n) is 14.2. The molecule has 1 aliphatic heterocycles. The minimum atomic E-state index is -0.816. The lowest BCUT2D eigenvalue weighted by molar-refractivity contribution is -0.138. The number of likely N-dealkylation sites (tertiary alicyclic amines) is 1. The van der Waals surface area contributed by atoms with Gasteiger partial charge in [0.05, 0.1) is 6.54 Å². The largest absolute Gasteiger partial charge is 0.347 e. The topological polar surface area (TPSA) is 88.3 Å². The molecular weight excluding hydrogens is 346 g/mol. The Morgan fingerprint density at radius 2 is 2.08 bits per heavy atom. The van der Waals surface area contributed by atoms with Gasteiger partial charge in [0.1, 0.15) is 23.2 Å². The molecule has 1 saturated heterocycles. The first-order valence-electron chi connectivity index (χ1n) is 8.35. The van der Waals surface area contributed by atoms with Gasteiger partial charge >= 0.3 is 0 Å². The monoisotopic (exact) mass is 364 g/mol. The Bertz CT molecular complexity index is 804. The zero-order chi connectivity index (χ0) is 18.7. The molecule has 3 rings (SSSR count). The van der Waals surface area contributed by atoms with Gasteiger partial charge in [0.25, 0.3) is 5.89 Å². The van der Waals surface area contributed by atoms with E-state index < -0.39 is 23.2 Å². The zero-order valence-corrected chi connectivity index (χ0v) is 14.2. The summed E-state index contributed by atoms with van der Waals surface area (Å²) in [7, 11) is 0. The summed E-state index contributed by atoms with van der Waals surface area (Å²) in [6.45, 7) is 2.24. The minimum Gasteiger partial charge on any atom is -0.347 e. The van der Waals surface area contributed by atoms with Crippen LogP contribution in [0.2, 0.25) is 0 Å². The smallest absolute Gasteiger partial charge is 0.263 e. The second kappa shape index (κ2) is 7.59. The number of aromatic nitrogens is 2. The lowest BCUT2D eigenvalue weighted by atomic mass is 10.2. The molecule has 1 aromatic heterocycles. The number of benzene rings is 1. The number of hydrogen-bond acceptors (Lipinski definition) is 5. The summed E-state index contributed by atoms with van der Waals surface area (Å²) in [5, 5.41) is 6.27. The summed E-state index contributed by atoms with van der Waals surface area (Å²) < 4.78 is 32.4. The normalized spacial score (nSPS) is 16.7. The number of halogens is 2. The molecule has 0 aliphatic carbocycles. The molecule has 0 radical (unpaired) electrons. The predicted octanol–water partition coefficient (Wildman–Crippen LogP) is 2.03. The molecule has 1 aliphatic rings. The third-order valence-corrected chi connectivity index (χ3v) is 4.24. The Labute approximate surface area is 148 Å². The Hall–Kier alpha value is -2.84. The van der Waals surface area contributed by atoms with Crippen LogP contribution in [0.25, 0.3) is 11.5 Å². The highest BCUT2D eigenvalue weighted by Crippen LogP contribution is 2.24. The molecule has 1 atom stereocenters. The Balaban J connectivity index is 1.65. The predicted molar refractivity (Wildman–Crippen MR) is 86.5 cm³/mol. The lowest BCUT2D eigenvalue weighted by Gasteiger charge is -2.23. The molecule has 138 valence electrons. The van der Waals surface area contributed by atoms with Gasteiger partial charge < -0.3 is 14.7 Å². The molecular formula is C17H18F2N4O3. The molecule has 1 aromatic carbocycles. The van der Waals surface area contributed by atoms with Crippen molar-refractivity contribution in [3.63, 3.8) is 0 Å². The van der Waals surface area contributed by atoms with Gasteiger partial charge in [-0.1, -0.05) is 18.1 Å². The van der Waals surface area contributed by atoms with Crippen molar-refractivity contribution in [1.82, 2.24) is 20.4 Å². The molecule has 26 heavy (non-hydrogen) atoms. The number of amides is 2. The second-order valence-electron chi connectivity index (χ2n) is 5.93. The third kappa shape index (κ3) is 3.56. The summed E-state index contributed by atoms with van der Waals surface area (Å²) in [6.07, 6.45) is 1.70. The fourth-order valence-electron chi connectivity index (χ4n) is 2.95. The van der Waals surface area contributed by atoms with Crippen molar-refractivity contribution in [3.8, 4) is 11.5 Å². The van der Waals surface area contributed by atoms with Crippen molar-refractivity contribution >= 4 is 11.8 Å². The lowest BCUT2D eigenvalue weighted by Crippen LogP contribution is -2.45. The molecule has 0 saturated carbocycles. The van der Waals surface area contributed by atoms with Crippen molar-refractivity contribution in [2.75, 3.05) is 6.54 Å². The standard InChI is InChI=1S/C17H18F2N4O3/c1-2-14(24)23-8-4-7-12(23)16(25)20-9-13-21-17(26-22-13)15-10(18)5-3-6-11(15)19/h3,5-6,12H,2,4,7-9H2,1H3,(H,20,25)/t12-/m0/s1. The van der Waals surface area contributed by atoms with Gasteiger partial charge in [-0.25, -0.2) is 8.78 Å². The van der Waals surface area contributed by atoms with Crippen molar-refractivity contribution < 1.29 is 22.9 Å². The SMILES string of the molecule is CCC(=O)N1CCC[C@H]1C(=O)NCc1noc(-c2c(F)cccc2F)n1. The van der Waals surface area contributed by atoms with Crippen molar-refractivity contribution in [3.05, 3.63) is 35.7 Å². The van der Waals surface area contributed by atoms with Gasteiger partial charge in [0, 0.05) is 13.0 Å². The summed E-state index contributed by atoms with van der Waals surface area (Å²) in [4.78, 5) is 29.7. The fraction of sp³-hybridized carbons (Fsp3) is 0.412. The third-order valence-electron chi connectivity index (χ3n) is 4.24. The van der Waals surface area contributed by atoms with Crippen LogP contribution in [0, 0.1) is 11.6 Å². The molecule has 1 N–H and O–H groups in total. The van der Waals surface area contributed by atoms with Gasteiger partial charge in [-0.2, -0.15) is 4.98 Å². The minimum absolute atomic E-state index is 0.0664. The van der Waals surface area contributed by atoms with E-state index in [-0.39, 0.29) is 30.1 Å². The maximum Gasteiger partial charge on any atom is 0.263 e.